The zero-order valence-corrected chi connectivity index (χ0v) is 10.6. The molecular formula is C14H18N2O2. The van der Waals surface area contributed by atoms with Crippen LogP contribution in [0.1, 0.15) is 30.9 Å². The van der Waals surface area contributed by atoms with Gasteiger partial charge in [0.05, 0.1) is 13.2 Å². The Morgan fingerprint density at radius 1 is 1.28 bits per heavy atom. The molecule has 0 spiro atoms. The summed E-state index contributed by atoms with van der Waals surface area (Å²) in [5.41, 5.74) is 1.13. The molecule has 0 radical (unpaired) electrons. The summed E-state index contributed by atoms with van der Waals surface area (Å²) in [5, 5.41) is 7.91. The van der Waals surface area contributed by atoms with Gasteiger partial charge in [-0.3, -0.25) is 5.41 Å². The first-order valence-corrected chi connectivity index (χ1v) is 6.45. The molecule has 0 aliphatic carbocycles. The van der Waals surface area contributed by atoms with Gasteiger partial charge in [-0.2, -0.15) is 0 Å². The van der Waals surface area contributed by atoms with Gasteiger partial charge in [0.15, 0.2) is 0 Å². The van der Waals surface area contributed by atoms with Gasteiger partial charge in [0.1, 0.15) is 11.9 Å². The summed E-state index contributed by atoms with van der Waals surface area (Å²) in [7, 11) is 1.67. The monoisotopic (exact) mass is 246 g/mol. The number of hydrogen-bond donors (Lipinski definition) is 1. The molecule has 2 heterocycles. The molecule has 0 unspecified atom stereocenters. The SMILES string of the molecule is COc1ccc([C@H]2OC(=N)N3CCCC[C@H]23)cc1. The van der Waals surface area contributed by atoms with Crippen molar-refractivity contribution in [2.24, 2.45) is 0 Å². The van der Waals surface area contributed by atoms with Gasteiger partial charge >= 0.3 is 0 Å². The molecular weight excluding hydrogens is 228 g/mol. The molecule has 2 aliphatic rings. The lowest BCUT2D eigenvalue weighted by atomic mass is 9.94. The fourth-order valence-electron chi connectivity index (χ4n) is 2.87. The highest BCUT2D eigenvalue weighted by molar-refractivity contribution is 5.73. The van der Waals surface area contributed by atoms with E-state index in [2.05, 4.69) is 4.90 Å². The Morgan fingerprint density at radius 2 is 2.06 bits per heavy atom. The normalized spacial score (nSPS) is 26.7. The first-order valence-electron chi connectivity index (χ1n) is 6.45. The van der Waals surface area contributed by atoms with E-state index in [1.807, 2.05) is 24.3 Å². The van der Waals surface area contributed by atoms with E-state index in [9.17, 15) is 0 Å². The zero-order chi connectivity index (χ0) is 12.5. The summed E-state index contributed by atoms with van der Waals surface area (Å²) in [6.07, 6.45) is 3.50. The summed E-state index contributed by atoms with van der Waals surface area (Å²) in [6, 6.07) is 8.64. The minimum absolute atomic E-state index is 0.00343. The molecule has 2 aliphatic heterocycles. The molecule has 96 valence electrons. The fourth-order valence-corrected chi connectivity index (χ4v) is 2.87. The van der Waals surface area contributed by atoms with Crippen LogP contribution in [0.2, 0.25) is 0 Å². The molecule has 1 aromatic carbocycles. The Balaban J connectivity index is 1.84. The van der Waals surface area contributed by atoms with Crippen molar-refractivity contribution in [2.45, 2.75) is 31.4 Å². The molecule has 0 saturated carbocycles. The van der Waals surface area contributed by atoms with E-state index in [-0.39, 0.29) is 6.10 Å². The van der Waals surface area contributed by atoms with E-state index < -0.39 is 0 Å². The molecule has 0 aromatic heterocycles. The molecule has 2 fully saturated rings. The number of hydrogen-bond acceptors (Lipinski definition) is 3. The third-order valence-electron chi connectivity index (χ3n) is 3.84. The first kappa shape index (κ1) is 11.4. The summed E-state index contributed by atoms with van der Waals surface area (Å²) in [5.74, 6) is 0.854. The second-order valence-electron chi connectivity index (χ2n) is 4.87. The molecule has 0 amide bonds. The predicted octanol–water partition coefficient (Wildman–Crippen LogP) is 2.56. The van der Waals surface area contributed by atoms with Crippen molar-refractivity contribution in [2.75, 3.05) is 13.7 Å². The third kappa shape index (κ3) is 1.82. The van der Waals surface area contributed by atoms with E-state index in [0.29, 0.717) is 12.1 Å². The van der Waals surface area contributed by atoms with Gasteiger partial charge in [0.25, 0.3) is 6.02 Å². The van der Waals surface area contributed by atoms with Gasteiger partial charge in [0, 0.05) is 6.54 Å². The molecule has 3 rings (SSSR count). The summed E-state index contributed by atoms with van der Waals surface area (Å²) < 4.78 is 10.9. The predicted molar refractivity (Wildman–Crippen MR) is 68.9 cm³/mol. The minimum atomic E-state index is 0.00343. The van der Waals surface area contributed by atoms with E-state index in [0.717, 1.165) is 30.7 Å². The molecule has 1 N–H and O–H groups in total. The quantitative estimate of drug-likeness (QED) is 0.872. The van der Waals surface area contributed by atoms with Crippen molar-refractivity contribution in [1.29, 1.82) is 5.41 Å². The Kier molecular flexibility index (Phi) is 2.86. The lowest BCUT2D eigenvalue weighted by Gasteiger charge is -2.29. The molecule has 1 aromatic rings. The van der Waals surface area contributed by atoms with Crippen LogP contribution in [-0.2, 0) is 4.74 Å². The molecule has 0 bridgehead atoms. The van der Waals surface area contributed by atoms with Crippen LogP contribution in [-0.4, -0.2) is 30.6 Å². The van der Waals surface area contributed by atoms with Crippen molar-refractivity contribution < 1.29 is 9.47 Å². The maximum Gasteiger partial charge on any atom is 0.285 e. The fraction of sp³-hybridized carbons (Fsp3) is 0.500. The van der Waals surface area contributed by atoms with Crippen molar-refractivity contribution in [3.05, 3.63) is 29.8 Å². The molecule has 2 atom stereocenters. The van der Waals surface area contributed by atoms with Crippen LogP contribution in [0, 0.1) is 5.41 Å². The van der Waals surface area contributed by atoms with Crippen molar-refractivity contribution in [3.8, 4) is 5.75 Å². The van der Waals surface area contributed by atoms with Crippen LogP contribution in [0.5, 0.6) is 5.75 Å². The molecule has 2 saturated heterocycles. The van der Waals surface area contributed by atoms with Gasteiger partial charge < -0.3 is 14.4 Å². The van der Waals surface area contributed by atoms with Crippen LogP contribution in [0.3, 0.4) is 0 Å². The highest BCUT2D eigenvalue weighted by atomic mass is 16.5. The molecule has 4 nitrogen and oxygen atoms in total. The molecule has 18 heavy (non-hydrogen) atoms. The Morgan fingerprint density at radius 3 is 2.78 bits per heavy atom. The lowest BCUT2D eigenvalue weighted by Crippen LogP contribution is -2.38. The maximum absolute atomic E-state index is 7.91. The van der Waals surface area contributed by atoms with E-state index in [1.165, 1.54) is 6.42 Å². The number of rotatable bonds is 2. The van der Waals surface area contributed by atoms with Gasteiger partial charge in [-0.15, -0.1) is 0 Å². The van der Waals surface area contributed by atoms with Gasteiger partial charge in [0.2, 0.25) is 0 Å². The zero-order valence-electron chi connectivity index (χ0n) is 10.6. The van der Waals surface area contributed by atoms with Crippen molar-refractivity contribution >= 4 is 6.02 Å². The van der Waals surface area contributed by atoms with Crippen LogP contribution in [0.25, 0.3) is 0 Å². The second-order valence-corrected chi connectivity index (χ2v) is 4.87. The number of nitrogens with one attached hydrogen (secondary N) is 1. The number of benzene rings is 1. The second kappa shape index (κ2) is 4.52. The summed E-state index contributed by atoms with van der Waals surface area (Å²) >= 11 is 0. The highest BCUT2D eigenvalue weighted by Gasteiger charge is 2.41. The van der Waals surface area contributed by atoms with Crippen LogP contribution >= 0.6 is 0 Å². The van der Waals surface area contributed by atoms with Gasteiger partial charge in [-0.05, 0) is 37.0 Å². The van der Waals surface area contributed by atoms with Crippen LogP contribution in [0.15, 0.2) is 24.3 Å². The van der Waals surface area contributed by atoms with Gasteiger partial charge in [-0.25, -0.2) is 0 Å². The Hall–Kier alpha value is -1.71. The number of amidine groups is 1. The minimum Gasteiger partial charge on any atom is -0.497 e. The van der Waals surface area contributed by atoms with Crippen LogP contribution < -0.4 is 4.74 Å². The highest BCUT2D eigenvalue weighted by Crippen LogP contribution is 2.37. The van der Waals surface area contributed by atoms with E-state index >= 15 is 0 Å². The van der Waals surface area contributed by atoms with Crippen molar-refractivity contribution in [1.82, 2.24) is 4.90 Å². The lowest BCUT2D eigenvalue weighted by molar-refractivity contribution is 0.167. The van der Waals surface area contributed by atoms with E-state index in [4.69, 9.17) is 14.9 Å². The van der Waals surface area contributed by atoms with E-state index in [1.54, 1.807) is 7.11 Å². The largest absolute Gasteiger partial charge is 0.497 e. The smallest absolute Gasteiger partial charge is 0.285 e. The number of fused-ring (bicyclic) bond motifs is 1. The first-order chi connectivity index (χ1) is 8.79. The van der Waals surface area contributed by atoms with Crippen molar-refractivity contribution in [3.63, 3.8) is 0 Å². The summed E-state index contributed by atoms with van der Waals surface area (Å²) in [4.78, 5) is 2.10. The number of piperidine rings is 1. The Labute approximate surface area is 107 Å². The Bertz CT molecular complexity index is 444. The molecule has 4 heteroatoms. The van der Waals surface area contributed by atoms with Gasteiger partial charge in [-0.1, -0.05) is 12.1 Å². The average Bonchev–Trinajstić information content (AvgIpc) is 2.77. The topological polar surface area (TPSA) is 45.6 Å². The van der Waals surface area contributed by atoms with Crippen LogP contribution in [0.4, 0.5) is 0 Å². The standard InChI is InChI=1S/C14H18N2O2/c1-17-11-7-5-10(6-8-11)13-12-4-2-3-9-16(12)14(15)18-13/h5-8,12-13,15H,2-4,9H2,1H3/t12-,13-/m1/s1. The summed E-state index contributed by atoms with van der Waals surface area (Å²) in [6.45, 7) is 0.955. The number of ether oxygens (including phenoxy) is 2. The average molecular weight is 246 g/mol. The number of methoxy groups -OCH3 is 1. The maximum atomic E-state index is 7.91. The third-order valence-corrected chi connectivity index (χ3v) is 3.84. The number of nitrogens with zero attached hydrogens (tertiary/aromatic N) is 1.